The quantitative estimate of drug-likeness (QED) is 0.624. The summed E-state index contributed by atoms with van der Waals surface area (Å²) in [5.74, 6) is -1.73. The Bertz CT molecular complexity index is 931. The molecule has 6 heteroatoms. The molecule has 1 atom stereocenters. The van der Waals surface area contributed by atoms with E-state index < -0.39 is 17.9 Å². The number of amides is 1. The fraction of sp³-hybridized carbons (Fsp3) is 0.182. The van der Waals surface area contributed by atoms with Gasteiger partial charge in [0.25, 0.3) is 5.91 Å². The van der Waals surface area contributed by atoms with E-state index >= 15 is 0 Å². The van der Waals surface area contributed by atoms with Gasteiger partial charge in [0.15, 0.2) is 11.8 Å². The summed E-state index contributed by atoms with van der Waals surface area (Å²) in [4.78, 5) is 23.8. The van der Waals surface area contributed by atoms with E-state index in [1.807, 2.05) is 61.5 Å². The molecule has 0 spiro atoms. The van der Waals surface area contributed by atoms with Gasteiger partial charge in [-0.2, -0.15) is 0 Å². The van der Waals surface area contributed by atoms with E-state index in [4.69, 9.17) is 9.15 Å². The Morgan fingerprint density at radius 3 is 2.46 bits per heavy atom. The second-order valence-electron chi connectivity index (χ2n) is 6.43. The van der Waals surface area contributed by atoms with Gasteiger partial charge >= 0.3 is 5.97 Å². The van der Waals surface area contributed by atoms with Crippen molar-refractivity contribution < 1.29 is 23.8 Å². The Morgan fingerprint density at radius 2 is 1.79 bits per heavy atom. The van der Waals surface area contributed by atoms with E-state index in [-0.39, 0.29) is 19.0 Å². The highest BCUT2D eigenvalue weighted by atomic mass is 16.5. The molecule has 144 valence electrons. The molecular weight excluding hydrogens is 358 g/mol. The summed E-state index contributed by atoms with van der Waals surface area (Å²) >= 11 is 0. The standard InChI is InChI=1S/C22H21NO5/c1-15-7-9-17(10-8-15)18-11-20(28-13-18)21(24)23-19(22(25)26)14-27-12-16-5-3-2-4-6-16/h2-11,13,19H,12,14H2,1H3,(H,23,24)(H,25,26)/t19-/m0/s1. The Morgan fingerprint density at radius 1 is 1.07 bits per heavy atom. The first-order valence-corrected chi connectivity index (χ1v) is 8.84. The van der Waals surface area contributed by atoms with Crippen LogP contribution in [0.1, 0.15) is 21.7 Å². The fourth-order valence-corrected chi connectivity index (χ4v) is 2.63. The SMILES string of the molecule is Cc1ccc(-c2coc(C(=O)N[C@@H](COCc3ccccc3)C(=O)O)c2)cc1. The molecule has 0 aliphatic heterocycles. The summed E-state index contributed by atoms with van der Waals surface area (Å²) < 4.78 is 10.8. The molecule has 1 amide bonds. The number of furan rings is 1. The first-order chi connectivity index (χ1) is 13.5. The molecule has 0 fully saturated rings. The molecule has 0 aliphatic carbocycles. The third kappa shape index (κ3) is 5.08. The maximum Gasteiger partial charge on any atom is 0.328 e. The molecule has 0 aliphatic rings. The van der Waals surface area contributed by atoms with Gasteiger partial charge in [-0.3, -0.25) is 4.79 Å². The number of hydrogen-bond donors (Lipinski definition) is 2. The molecular formula is C22H21NO5. The van der Waals surface area contributed by atoms with Crippen molar-refractivity contribution in [2.24, 2.45) is 0 Å². The lowest BCUT2D eigenvalue weighted by Gasteiger charge is -2.14. The Balaban J connectivity index is 1.59. The third-order valence-corrected chi connectivity index (χ3v) is 4.21. The highest BCUT2D eigenvalue weighted by molar-refractivity contribution is 5.95. The van der Waals surface area contributed by atoms with Gasteiger partial charge in [0.2, 0.25) is 0 Å². The average molecular weight is 379 g/mol. The zero-order chi connectivity index (χ0) is 19.9. The van der Waals surface area contributed by atoms with Crippen molar-refractivity contribution in [2.45, 2.75) is 19.6 Å². The minimum Gasteiger partial charge on any atom is -0.480 e. The van der Waals surface area contributed by atoms with Crippen LogP contribution >= 0.6 is 0 Å². The van der Waals surface area contributed by atoms with Crippen LogP contribution in [0.4, 0.5) is 0 Å². The lowest BCUT2D eigenvalue weighted by atomic mass is 10.1. The van der Waals surface area contributed by atoms with Crippen LogP contribution in [0.5, 0.6) is 0 Å². The molecule has 3 aromatic rings. The van der Waals surface area contributed by atoms with E-state index in [1.165, 1.54) is 6.26 Å². The second-order valence-corrected chi connectivity index (χ2v) is 6.43. The smallest absolute Gasteiger partial charge is 0.328 e. The topological polar surface area (TPSA) is 88.8 Å². The van der Waals surface area contributed by atoms with Crippen molar-refractivity contribution in [1.82, 2.24) is 5.32 Å². The molecule has 0 saturated carbocycles. The monoisotopic (exact) mass is 379 g/mol. The minimum absolute atomic E-state index is 0.0462. The van der Waals surface area contributed by atoms with Crippen molar-refractivity contribution in [1.29, 1.82) is 0 Å². The molecule has 2 aromatic carbocycles. The zero-order valence-electron chi connectivity index (χ0n) is 15.4. The molecule has 0 bridgehead atoms. The van der Waals surface area contributed by atoms with Crippen LogP contribution in [0, 0.1) is 6.92 Å². The van der Waals surface area contributed by atoms with Crippen molar-refractivity contribution in [3.63, 3.8) is 0 Å². The molecule has 1 heterocycles. The number of ether oxygens (including phenoxy) is 1. The Labute approximate surface area is 162 Å². The maximum absolute atomic E-state index is 12.4. The van der Waals surface area contributed by atoms with Crippen LogP contribution < -0.4 is 5.32 Å². The van der Waals surface area contributed by atoms with E-state index in [9.17, 15) is 14.7 Å². The molecule has 2 N–H and O–H groups in total. The maximum atomic E-state index is 12.4. The summed E-state index contributed by atoms with van der Waals surface area (Å²) in [6, 6.07) is 17.6. The van der Waals surface area contributed by atoms with E-state index in [1.54, 1.807) is 6.07 Å². The van der Waals surface area contributed by atoms with Crippen LogP contribution in [0.15, 0.2) is 71.3 Å². The van der Waals surface area contributed by atoms with Crippen LogP contribution in [0.25, 0.3) is 11.1 Å². The van der Waals surface area contributed by atoms with Crippen molar-refractivity contribution in [3.05, 3.63) is 83.8 Å². The number of benzene rings is 2. The normalized spacial score (nSPS) is 11.8. The van der Waals surface area contributed by atoms with E-state index in [0.717, 1.165) is 22.3 Å². The predicted octanol–water partition coefficient (Wildman–Crippen LogP) is 3.65. The number of rotatable bonds is 8. The summed E-state index contributed by atoms with van der Waals surface area (Å²) in [7, 11) is 0. The largest absolute Gasteiger partial charge is 0.480 e. The lowest BCUT2D eigenvalue weighted by molar-refractivity contribution is -0.141. The number of aliphatic carboxylic acids is 1. The predicted molar refractivity (Wildman–Crippen MR) is 104 cm³/mol. The van der Waals surface area contributed by atoms with Gasteiger partial charge < -0.3 is 19.6 Å². The summed E-state index contributed by atoms with van der Waals surface area (Å²) in [6.45, 7) is 2.10. The number of carbonyl (C=O) groups excluding carboxylic acids is 1. The summed E-state index contributed by atoms with van der Waals surface area (Å²) in [5.41, 5.74) is 3.71. The van der Waals surface area contributed by atoms with Gasteiger partial charge in [0.1, 0.15) is 0 Å². The molecule has 1 aromatic heterocycles. The average Bonchev–Trinajstić information content (AvgIpc) is 3.19. The van der Waals surface area contributed by atoms with Gasteiger partial charge in [-0.1, -0.05) is 60.2 Å². The minimum atomic E-state index is -1.18. The zero-order valence-corrected chi connectivity index (χ0v) is 15.4. The van der Waals surface area contributed by atoms with Gasteiger partial charge in [-0.25, -0.2) is 4.79 Å². The van der Waals surface area contributed by atoms with Crippen LogP contribution in [-0.4, -0.2) is 29.6 Å². The van der Waals surface area contributed by atoms with Crippen molar-refractivity contribution in [3.8, 4) is 11.1 Å². The van der Waals surface area contributed by atoms with Gasteiger partial charge in [0.05, 0.1) is 19.5 Å². The third-order valence-electron chi connectivity index (χ3n) is 4.21. The summed E-state index contributed by atoms with van der Waals surface area (Å²) in [6.07, 6.45) is 1.47. The Kier molecular flexibility index (Phi) is 6.24. The molecule has 0 radical (unpaired) electrons. The Hall–Kier alpha value is -3.38. The fourth-order valence-electron chi connectivity index (χ4n) is 2.63. The summed E-state index contributed by atoms with van der Waals surface area (Å²) in [5, 5.41) is 11.8. The van der Waals surface area contributed by atoms with Crippen molar-refractivity contribution in [2.75, 3.05) is 6.61 Å². The molecule has 0 saturated heterocycles. The number of carboxylic acid groups (broad SMARTS) is 1. The first-order valence-electron chi connectivity index (χ1n) is 8.84. The van der Waals surface area contributed by atoms with Crippen LogP contribution in [0.2, 0.25) is 0 Å². The van der Waals surface area contributed by atoms with Crippen molar-refractivity contribution >= 4 is 11.9 Å². The highest BCUT2D eigenvalue weighted by Crippen LogP contribution is 2.22. The van der Waals surface area contributed by atoms with Crippen LogP contribution in [-0.2, 0) is 16.1 Å². The number of carboxylic acids is 1. The molecule has 6 nitrogen and oxygen atoms in total. The number of carbonyl (C=O) groups is 2. The number of nitrogens with one attached hydrogen (secondary N) is 1. The molecule has 0 unspecified atom stereocenters. The highest BCUT2D eigenvalue weighted by Gasteiger charge is 2.23. The molecule has 3 rings (SSSR count). The number of hydrogen-bond acceptors (Lipinski definition) is 4. The molecule has 28 heavy (non-hydrogen) atoms. The lowest BCUT2D eigenvalue weighted by Crippen LogP contribution is -2.43. The second kappa shape index (κ2) is 9.01. The number of aryl methyl sites for hydroxylation is 1. The van der Waals surface area contributed by atoms with E-state index in [0.29, 0.717) is 0 Å². The van der Waals surface area contributed by atoms with Gasteiger partial charge in [0, 0.05) is 5.56 Å². The van der Waals surface area contributed by atoms with Gasteiger partial charge in [-0.15, -0.1) is 0 Å². The van der Waals surface area contributed by atoms with Crippen LogP contribution in [0.3, 0.4) is 0 Å². The van der Waals surface area contributed by atoms with Gasteiger partial charge in [-0.05, 0) is 24.1 Å². The van der Waals surface area contributed by atoms with E-state index in [2.05, 4.69) is 5.32 Å². The first kappa shape index (κ1) is 19.4.